The quantitative estimate of drug-likeness (QED) is 0.153. The SMILES string of the molecule is c1ccc(-c2cccc(-c3cccc(-c4nc(-c5ccccc5)nc(-n5c6ccc(-c7ccccc7)cc6c6ccc7c(c8cc(-c9ccccc9)ccc8n7-c7ccccc7)c65)n4)c3)c2)cc1. The van der Waals surface area contributed by atoms with E-state index in [0.29, 0.717) is 17.6 Å². The first-order valence-corrected chi connectivity index (χ1v) is 23.0. The van der Waals surface area contributed by atoms with Gasteiger partial charge in [0, 0.05) is 38.4 Å². The lowest BCUT2D eigenvalue weighted by atomic mass is 9.98. The van der Waals surface area contributed by atoms with E-state index in [1.54, 1.807) is 0 Å². The first-order valence-electron chi connectivity index (χ1n) is 23.0. The molecule has 0 fully saturated rings. The third-order valence-corrected chi connectivity index (χ3v) is 13.2. The summed E-state index contributed by atoms with van der Waals surface area (Å²) in [7, 11) is 0. The molecule has 0 saturated heterocycles. The van der Waals surface area contributed by atoms with E-state index in [-0.39, 0.29) is 0 Å². The molecule has 0 radical (unpaired) electrons. The maximum atomic E-state index is 5.50. The first-order chi connectivity index (χ1) is 33.7. The lowest BCUT2D eigenvalue weighted by Gasteiger charge is -2.13. The molecule has 13 aromatic rings. The highest BCUT2D eigenvalue weighted by atomic mass is 15.2. The van der Waals surface area contributed by atoms with Gasteiger partial charge in [0.25, 0.3) is 0 Å². The van der Waals surface area contributed by atoms with Crippen LogP contribution in [0.25, 0.3) is 123 Å². The normalized spacial score (nSPS) is 11.5. The zero-order valence-electron chi connectivity index (χ0n) is 36.9. The Morgan fingerprint density at radius 2 is 0.662 bits per heavy atom. The number of hydrogen-bond donors (Lipinski definition) is 0. The topological polar surface area (TPSA) is 48.5 Å². The fourth-order valence-corrected chi connectivity index (χ4v) is 9.95. The van der Waals surface area contributed by atoms with Gasteiger partial charge in [-0.25, -0.2) is 4.98 Å². The molecular weight excluding hydrogens is 827 g/mol. The number of fused-ring (bicyclic) bond motifs is 7. The molecule has 0 atom stereocenters. The Morgan fingerprint density at radius 1 is 0.250 bits per heavy atom. The number of benzene rings is 10. The minimum absolute atomic E-state index is 0.546. The molecule has 0 saturated carbocycles. The van der Waals surface area contributed by atoms with Crippen molar-refractivity contribution < 1.29 is 0 Å². The van der Waals surface area contributed by atoms with Crippen molar-refractivity contribution in [1.82, 2.24) is 24.1 Å². The summed E-state index contributed by atoms with van der Waals surface area (Å²) in [4.78, 5) is 16.2. The molecule has 0 aliphatic carbocycles. The van der Waals surface area contributed by atoms with Crippen molar-refractivity contribution in [2.24, 2.45) is 0 Å². The Morgan fingerprint density at radius 3 is 1.24 bits per heavy atom. The van der Waals surface area contributed by atoms with Crippen LogP contribution in [-0.4, -0.2) is 24.1 Å². The van der Waals surface area contributed by atoms with E-state index in [9.17, 15) is 0 Å². The van der Waals surface area contributed by atoms with E-state index in [1.165, 1.54) is 16.7 Å². The Kier molecular flexibility index (Phi) is 9.43. The van der Waals surface area contributed by atoms with Gasteiger partial charge in [0.2, 0.25) is 5.95 Å². The van der Waals surface area contributed by atoms with E-state index >= 15 is 0 Å². The van der Waals surface area contributed by atoms with Gasteiger partial charge in [-0.1, -0.05) is 194 Å². The predicted molar refractivity (Wildman–Crippen MR) is 281 cm³/mol. The summed E-state index contributed by atoms with van der Waals surface area (Å²) in [5.74, 6) is 1.74. The molecule has 3 aromatic heterocycles. The summed E-state index contributed by atoms with van der Waals surface area (Å²) >= 11 is 0. The predicted octanol–water partition coefficient (Wildman–Crippen LogP) is 16.1. The van der Waals surface area contributed by atoms with Gasteiger partial charge in [-0.05, 0) is 99.1 Å². The van der Waals surface area contributed by atoms with Crippen LogP contribution < -0.4 is 0 Å². The summed E-state index contributed by atoms with van der Waals surface area (Å²) in [6.07, 6.45) is 0. The van der Waals surface area contributed by atoms with E-state index < -0.39 is 0 Å². The van der Waals surface area contributed by atoms with Crippen molar-refractivity contribution in [3.63, 3.8) is 0 Å². The third kappa shape index (κ3) is 6.76. The highest BCUT2D eigenvalue weighted by molar-refractivity contribution is 6.26. The maximum absolute atomic E-state index is 5.50. The fourth-order valence-electron chi connectivity index (χ4n) is 9.95. The minimum Gasteiger partial charge on any atom is -0.309 e. The summed E-state index contributed by atoms with van der Waals surface area (Å²) in [6, 6.07) is 88.2. The number of para-hydroxylation sites is 1. The molecule has 0 amide bonds. The number of aromatic nitrogens is 5. The van der Waals surface area contributed by atoms with Crippen molar-refractivity contribution in [3.05, 3.63) is 249 Å². The van der Waals surface area contributed by atoms with Gasteiger partial charge in [0.05, 0.1) is 22.1 Å². The summed E-state index contributed by atoms with van der Waals surface area (Å²) in [5, 5.41) is 4.50. The smallest absolute Gasteiger partial charge is 0.238 e. The second-order valence-corrected chi connectivity index (χ2v) is 17.2. The Bertz CT molecular complexity index is 3990. The van der Waals surface area contributed by atoms with Crippen molar-refractivity contribution in [2.75, 3.05) is 0 Å². The molecule has 0 spiro atoms. The van der Waals surface area contributed by atoms with Crippen LogP contribution in [0, 0.1) is 0 Å². The van der Waals surface area contributed by atoms with Crippen molar-refractivity contribution in [3.8, 4) is 78.9 Å². The van der Waals surface area contributed by atoms with E-state index in [1.807, 2.05) is 18.2 Å². The average molecular weight is 868 g/mol. The van der Waals surface area contributed by atoms with Crippen LogP contribution in [0.3, 0.4) is 0 Å². The molecule has 0 aliphatic heterocycles. The zero-order valence-corrected chi connectivity index (χ0v) is 36.9. The van der Waals surface area contributed by atoms with Crippen LogP contribution in [0.4, 0.5) is 0 Å². The second-order valence-electron chi connectivity index (χ2n) is 17.2. The standard InChI is InChI=1S/C63H41N5/c1-6-18-42(19-7-1)46-26-16-27-47(38-46)48-28-17-29-51(39-48)62-64-61(45-24-12-4-13-25-45)65-63(66-62)68-56-35-32-49(43-20-8-2-9-21-43)40-54(56)53-34-37-58-59(60(53)68)55-41-50(44-22-10-3-11-23-44)33-36-57(55)67(58)52-30-14-5-15-31-52/h1-41H. The van der Waals surface area contributed by atoms with Crippen LogP contribution in [0.2, 0.25) is 0 Å². The average Bonchev–Trinajstić information content (AvgIpc) is 3.94. The molecule has 68 heavy (non-hydrogen) atoms. The van der Waals surface area contributed by atoms with Gasteiger partial charge in [-0.2, -0.15) is 9.97 Å². The number of hydrogen-bond acceptors (Lipinski definition) is 3. The van der Waals surface area contributed by atoms with Crippen molar-refractivity contribution in [2.45, 2.75) is 0 Å². The second kappa shape index (κ2) is 16.4. The van der Waals surface area contributed by atoms with Gasteiger partial charge in [-0.15, -0.1) is 0 Å². The summed E-state index contributed by atoms with van der Waals surface area (Å²) < 4.78 is 4.68. The lowest BCUT2D eigenvalue weighted by Crippen LogP contribution is -2.06. The lowest BCUT2D eigenvalue weighted by molar-refractivity contribution is 0.955. The van der Waals surface area contributed by atoms with Gasteiger partial charge in [0.1, 0.15) is 0 Å². The van der Waals surface area contributed by atoms with Crippen LogP contribution >= 0.6 is 0 Å². The molecule has 13 rings (SSSR count). The largest absolute Gasteiger partial charge is 0.309 e. The van der Waals surface area contributed by atoms with Gasteiger partial charge in [0.15, 0.2) is 11.6 Å². The van der Waals surface area contributed by atoms with E-state index in [4.69, 9.17) is 15.0 Å². The summed E-state index contributed by atoms with van der Waals surface area (Å²) in [6.45, 7) is 0. The zero-order chi connectivity index (χ0) is 45.0. The third-order valence-electron chi connectivity index (χ3n) is 13.2. The van der Waals surface area contributed by atoms with E-state index in [0.717, 1.165) is 88.2 Å². The number of nitrogens with zero attached hydrogens (tertiary/aromatic N) is 5. The van der Waals surface area contributed by atoms with Crippen LogP contribution in [0.5, 0.6) is 0 Å². The molecule has 318 valence electrons. The molecule has 5 heteroatoms. The van der Waals surface area contributed by atoms with E-state index in [2.05, 4.69) is 240 Å². The van der Waals surface area contributed by atoms with Crippen LogP contribution in [0.15, 0.2) is 249 Å². The highest BCUT2D eigenvalue weighted by Gasteiger charge is 2.24. The summed E-state index contributed by atoms with van der Waals surface area (Å²) in [5.41, 5.74) is 16.3. The van der Waals surface area contributed by atoms with Crippen LogP contribution in [-0.2, 0) is 0 Å². The Balaban J connectivity index is 1.11. The minimum atomic E-state index is 0.546. The molecule has 10 aromatic carbocycles. The molecule has 0 bridgehead atoms. The highest BCUT2D eigenvalue weighted by Crippen LogP contribution is 2.44. The van der Waals surface area contributed by atoms with Crippen LogP contribution in [0.1, 0.15) is 0 Å². The first kappa shape index (κ1) is 39.2. The fraction of sp³-hybridized carbons (Fsp3) is 0. The number of rotatable bonds is 8. The van der Waals surface area contributed by atoms with Gasteiger partial charge < -0.3 is 4.57 Å². The Hall–Kier alpha value is -9.19. The maximum Gasteiger partial charge on any atom is 0.238 e. The van der Waals surface area contributed by atoms with Crippen molar-refractivity contribution >= 4 is 43.6 Å². The van der Waals surface area contributed by atoms with Gasteiger partial charge in [-0.3, -0.25) is 4.57 Å². The van der Waals surface area contributed by atoms with Gasteiger partial charge >= 0.3 is 0 Å². The molecule has 3 heterocycles. The Labute approximate surface area is 393 Å². The molecule has 0 aliphatic rings. The van der Waals surface area contributed by atoms with Crippen molar-refractivity contribution in [1.29, 1.82) is 0 Å². The molecule has 0 unspecified atom stereocenters. The molecule has 5 nitrogen and oxygen atoms in total. The monoisotopic (exact) mass is 867 g/mol. The molecule has 0 N–H and O–H groups in total. The molecular formula is C63H41N5.